The molecule has 0 spiro atoms. The summed E-state index contributed by atoms with van der Waals surface area (Å²) in [5, 5.41) is 7.51. The van der Waals surface area contributed by atoms with Crippen molar-refractivity contribution in [2.45, 2.75) is 32.9 Å². The Morgan fingerprint density at radius 2 is 1.85 bits per heavy atom. The van der Waals surface area contributed by atoms with E-state index < -0.39 is 0 Å². The Bertz CT molecular complexity index is 691. The molecule has 1 atom stereocenters. The van der Waals surface area contributed by atoms with Gasteiger partial charge in [0.05, 0.1) is 18.4 Å². The Balaban J connectivity index is 1.44. The number of carbonyl (C=O) groups excluding carboxylic acids is 1. The summed E-state index contributed by atoms with van der Waals surface area (Å²) in [6, 6.07) is 10.4. The molecule has 1 saturated heterocycles. The lowest BCUT2D eigenvalue weighted by molar-refractivity contribution is -0.123. The van der Waals surface area contributed by atoms with E-state index in [1.807, 2.05) is 36.0 Å². The fraction of sp³-hybridized carbons (Fsp3) is 0.500. The highest BCUT2D eigenvalue weighted by molar-refractivity contribution is 5.78. The molecule has 0 saturated carbocycles. The Kier molecular flexibility index (Phi) is 6.41. The molecule has 0 radical (unpaired) electrons. The lowest BCUT2D eigenvalue weighted by Crippen LogP contribution is -2.49. The van der Waals surface area contributed by atoms with E-state index in [2.05, 4.69) is 45.5 Å². The summed E-state index contributed by atoms with van der Waals surface area (Å²) in [4.78, 5) is 16.7. The van der Waals surface area contributed by atoms with Crippen molar-refractivity contribution in [1.29, 1.82) is 0 Å². The van der Waals surface area contributed by atoms with Gasteiger partial charge in [-0.1, -0.05) is 25.1 Å². The van der Waals surface area contributed by atoms with Gasteiger partial charge in [-0.15, -0.1) is 0 Å². The summed E-state index contributed by atoms with van der Waals surface area (Å²) in [5.41, 5.74) is 2.30. The zero-order valence-electron chi connectivity index (χ0n) is 15.8. The van der Waals surface area contributed by atoms with Crippen molar-refractivity contribution in [3.63, 3.8) is 0 Å². The van der Waals surface area contributed by atoms with Crippen LogP contribution in [0.25, 0.3) is 5.69 Å². The van der Waals surface area contributed by atoms with Crippen molar-refractivity contribution in [1.82, 2.24) is 24.9 Å². The number of carbonyl (C=O) groups is 1. The second-order valence-corrected chi connectivity index (χ2v) is 7.06. The Hall–Kier alpha value is -2.18. The zero-order chi connectivity index (χ0) is 18.4. The third kappa shape index (κ3) is 5.16. The van der Waals surface area contributed by atoms with Crippen LogP contribution in [0.1, 0.15) is 25.8 Å². The van der Waals surface area contributed by atoms with E-state index in [1.165, 1.54) is 5.56 Å². The molecule has 1 unspecified atom stereocenters. The molecule has 2 heterocycles. The molecule has 1 aliphatic heterocycles. The number of aromatic nitrogens is 2. The van der Waals surface area contributed by atoms with Crippen molar-refractivity contribution in [3.05, 3.63) is 48.3 Å². The summed E-state index contributed by atoms with van der Waals surface area (Å²) in [5.74, 6) is 0.136. The Labute approximate surface area is 155 Å². The topological polar surface area (TPSA) is 53.4 Å². The highest BCUT2D eigenvalue weighted by Crippen LogP contribution is 2.11. The van der Waals surface area contributed by atoms with Gasteiger partial charge in [-0.25, -0.2) is 4.68 Å². The van der Waals surface area contributed by atoms with E-state index >= 15 is 0 Å². The van der Waals surface area contributed by atoms with Crippen LogP contribution in [0.3, 0.4) is 0 Å². The van der Waals surface area contributed by atoms with Crippen molar-refractivity contribution >= 4 is 5.91 Å². The number of nitrogens with one attached hydrogen (secondary N) is 1. The number of benzene rings is 1. The van der Waals surface area contributed by atoms with Gasteiger partial charge in [0, 0.05) is 50.5 Å². The zero-order valence-corrected chi connectivity index (χ0v) is 15.8. The maximum atomic E-state index is 12.0. The number of hydrogen-bond donors (Lipinski definition) is 1. The molecule has 6 nitrogen and oxygen atoms in total. The van der Waals surface area contributed by atoms with E-state index in [9.17, 15) is 4.79 Å². The van der Waals surface area contributed by atoms with Crippen LogP contribution in [0.2, 0.25) is 0 Å². The molecule has 1 amide bonds. The predicted octanol–water partition coefficient (Wildman–Crippen LogP) is 1.90. The first-order chi connectivity index (χ1) is 12.6. The SMILES string of the molecule is CCC(C)NC(=O)CN1CCN(Cc2cnn(-c3ccccc3)c2)CC1. The van der Waals surface area contributed by atoms with Crippen molar-refractivity contribution < 1.29 is 4.79 Å². The smallest absolute Gasteiger partial charge is 0.234 e. The van der Waals surface area contributed by atoms with Gasteiger partial charge in [0.25, 0.3) is 0 Å². The lowest BCUT2D eigenvalue weighted by Gasteiger charge is -2.34. The van der Waals surface area contributed by atoms with Crippen molar-refractivity contribution in [2.75, 3.05) is 32.7 Å². The average Bonchev–Trinajstić information content (AvgIpc) is 3.12. The normalized spacial score (nSPS) is 17.2. The minimum absolute atomic E-state index is 0.136. The number of hydrogen-bond acceptors (Lipinski definition) is 4. The van der Waals surface area contributed by atoms with Crippen LogP contribution in [0.4, 0.5) is 0 Å². The van der Waals surface area contributed by atoms with Gasteiger partial charge in [-0.3, -0.25) is 14.6 Å². The lowest BCUT2D eigenvalue weighted by atomic mass is 10.2. The maximum absolute atomic E-state index is 12.0. The van der Waals surface area contributed by atoms with Crippen molar-refractivity contribution in [3.8, 4) is 5.69 Å². The first-order valence-electron chi connectivity index (χ1n) is 9.47. The van der Waals surface area contributed by atoms with Gasteiger partial charge < -0.3 is 5.32 Å². The second-order valence-electron chi connectivity index (χ2n) is 7.06. The van der Waals surface area contributed by atoms with Gasteiger partial charge in [0.1, 0.15) is 0 Å². The molecule has 1 aliphatic rings. The highest BCUT2D eigenvalue weighted by Gasteiger charge is 2.19. The first kappa shape index (κ1) is 18.6. The van der Waals surface area contributed by atoms with Gasteiger partial charge >= 0.3 is 0 Å². The van der Waals surface area contributed by atoms with Gasteiger partial charge in [-0.2, -0.15) is 5.10 Å². The summed E-state index contributed by atoms with van der Waals surface area (Å²) >= 11 is 0. The highest BCUT2D eigenvalue weighted by atomic mass is 16.2. The summed E-state index contributed by atoms with van der Waals surface area (Å²) in [6.45, 7) is 9.36. The number of amides is 1. The third-order valence-electron chi connectivity index (χ3n) is 4.91. The van der Waals surface area contributed by atoms with Crippen LogP contribution in [0.5, 0.6) is 0 Å². The number of rotatable bonds is 7. The molecule has 26 heavy (non-hydrogen) atoms. The molecule has 1 aromatic heterocycles. The standard InChI is InChI=1S/C20H29N5O/c1-3-17(2)22-20(26)16-24-11-9-23(10-12-24)14-18-13-21-25(15-18)19-7-5-4-6-8-19/h4-8,13,15,17H,3,9-12,14,16H2,1-2H3,(H,22,26). The van der Waals surface area contributed by atoms with E-state index in [4.69, 9.17) is 0 Å². The summed E-state index contributed by atoms with van der Waals surface area (Å²) < 4.78 is 1.92. The molecular weight excluding hydrogens is 326 g/mol. The van der Waals surface area contributed by atoms with E-state index in [0.29, 0.717) is 6.54 Å². The second kappa shape index (κ2) is 8.96. The van der Waals surface area contributed by atoms with Crippen LogP contribution in [-0.2, 0) is 11.3 Å². The van der Waals surface area contributed by atoms with Crippen molar-refractivity contribution in [2.24, 2.45) is 0 Å². The van der Waals surface area contributed by atoms with Crippen LogP contribution < -0.4 is 5.32 Å². The fourth-order valence-electron chi connectivity index (χ4n) is 3.15. The fourth-order valence-corrected chi connectivity index (χ4v) is 3.15. The molecule has 1 aromatic carbocycles. The van der Waals surface area contributed by atoms with Crippen LogP contribution >= 0.6 is 0 Å². The predicted molar refractivity (Wildman–Crippen MR) is 103 cm³/mol. The summed E-state index contributed by atoms with van der Waals surface area (Å²) in [6.07, 6.45) is 5.01. The molecule has 1 fully saturated rings. The summed E-state index contributed by atoms with van der Waals surface area (Å²) in [7, 11) is 0. The number of para-hydroxylation sites is 1. The minimum atomic E-state index is 0.136. The number of piperazine rings is 1. The molecule has 1 N–H and O–H groups in total. The quantitative estimate of drug-likeness (QED) is 0.824. The average molecular weight is 355 g/mol. The van der Waals surface area contributed by atoms with E-state index in [0.717, 1.165) is 44.8 Å². The molecule has 6 heteroatoms. The van der Waals surface area contributed by atoms with Crippen LogP contribution in [0.15, 0.2) is 42.7 Å². The van der Waals surface area contributed by atoms with E-state index in [1.54, 1.807) is 0 Å². The molecule has 3 rings (SSSR count). The molecule has 0 bridgehead atoms. The van der Waals surface area contributed by atoms with E-state index in [-0.39, 0.29) is 11.9 Å². The maximum Gasteiger partial charge on any atom is 0.234 e. The molecular formula is C20H29N5O. The molecule has 2 aromatic rings. The van der Waals surface area contributed by atoms with Gasteiger partial charge in [0.2, 0.25) is 5.91 Å². The monoisotopic (exact) mass is 355 g/mol. The number of nitrogens with zero attached hydrogens (tertiary/aromatic N) is 4. The van der Waals surface area contributed by atoms with Gasteiger partial charge in [0.15, 0.2) is 0 Å². The third-order valence-corrected chi connectivity index (χ3v) is 4.91. The Morgan fingerprint density at radius 3 is 2.54 bits per heavy atom. The van der Waals surface area contributed by atoms with Crippen LogP contribution in [-0.4, -0.2) is 64.3 Å². The Morgan fingerprint density at radius 1 is 1.15 bits per heavy atom. The molecule has 0 aliphatic carbocycles. The largest absolute Gasteiger partial charge is 0.353 e. The van der Waals surface area contributed by atoms with Crippen LogP contribution in [0, 0.1) is 0 Å². The molecule has 140 valence electrons. The first-order valence-corrected chi connectivity index (χ1v) is 9.47. The van der Waals surface area contributed by atoms with Gasteiger partial charge in [-0.05, 0) is 25.5 Å². The minimum Gasteiger partial charge on any atom is -0.353 e.